The maximum Gasteiger partial charge on any atom is 0.331 e. The number of anilines is 1. The molecule has 3 aromatic rings. The Balaban J connectivity index is 1.57. The molecule has 36 heavy (non-hydrogen) atoms. The predicted molar refractivity (Wildman–Crippen MR) is 148 cm³/mol. The van der Waals surface area contributed by atoms with E-state index in [4.69, 9.17) is 33.3 Å². The highest BCUT2D eigenvalue weighted by Gasteiger charge is 2.24. The topological polar surface area (TPSA) is 79.3 Å². The van der Waals surface area contributed by atoms with Crippen molar-refractivity contribution in [1.29, 1.82) is 0 Å². The van der Waals surface area contributed by atoms with Crippen LogP contribution in [0, 0.1) is 5.41 Å². The van der Waals surface area contributed by atoms with Crippen LogP contribution in [-0.4, -0.2) is 22.0 Å². The van der Waals surface area contributed by atoms with Gasteiger partial charge in [-0.25, -0.2) is 9.78 Å². The number of aromatic nitrogens is 1. The van der Waals surface area contributed by atoms with E-state index in [9.17, 15) is 9.59 Å². The molecule has 1 amide bonds. The third-order valence-electron chi connectivity index (χ3n) is 6.23. The average molecular weight is 544 g/mol. The maximum atomic E-state index is 13.0. The molecule has 2 aromatic carbocycles. The van der Waals surface area contributed by atoms with Gasteiger partial charge in [-0.05, 0) is 67.4 Å². The van der Waals surface area contributed by atoms with Crippen molar-refractivity contribution in [2.24, 2.45) is 5.41 Å². The summed E-state index contributed by atoms with van der Waals surface area (Å²) in [4.78, 5) is 30.0. The van der Waals surface area contributed by atoms with Gasteiger partial charge in [-0.1, -0.05) is 62.2 Å². The van der Waals surface area contributed by atoms with Gasteiger partial charge in [-0.15, -0.1) is 11.3 Å². The lowest BCUT2D eigenvalue weighted by Crippen LogP contribution is -2.12. The van der Waals surface area contributed by atoms with Crippen LogP contribution in [-0.2, 0) is 24.1 Å². The van der Waals surface area contributed by atoms with E-state index in [2.05, 4.69) is 44.3 Å². The summed E-state index contributed by atoms with van der Waals surface area (Å²) in [6.07, 6.45) is 5.40. The Labute approximate surface area is 225 Å². The first-order valence-electron chi connectivity index (χ1n) is 11.8. The maximum absolute atomic E-state index is 13.0. The second-order valence-corrected chi connectivity index (χ2v) is 12.1. The Morgan fingerprint density at radius 2 is 1.86 bits per heavy atom. The number of halogens is 2. The lowest BCUT2D eigenvalue weighted by Gasteiger charge is -2.22. The zero-order chi connectivity index (χ0) is 26.2. The Bertz CT molecular complexity index is 1360. The van der Waals surface area contributed by atoms with Crippen LogP contribution in [0.25, 0.3) is 17.3 Å². The molecule has 0 bridgehead atoms. The Hall–Kier alpha value is -2.67. The van der Waals surface area contributed by atoms with Gasteiger partial charge in [0.15, 0.2) is 5.13 Å². The molecule has 0 fully saturated rings. The van der Waals surface area contributed by atoms with Gasteiger partial charge in [-0.3, -0.25) is 10.1 Å². The summed E-state index contributed by atoms with van der Waals surface area (Å²) in [6, 6.07) is 9.39. The number of thiazole rings is 1. The van der Waals surface area contributed by atoms with Crippen molar-refractivity contribution in [3.63, 3.8) is 0 Å². The zero-order valence-electron chi connectivity index (χ0n) is 20.7. The number of aryl methyl sites for hydroxylation is 2. The van der Waals surface area contributed by atoms with Crippen LogP contribution < -0.4 is 5.32 Å². The number of carbonyl (C=O) groups is 2. The summed E-state index contributed by atoms with van der Waals surface area (Å²) in [5.74, 6) is -1.45. The number of nitrogens with zero attached hydrogens (tertiary/aromatic N) is 1. The van der Waals surface area contributed by atoms with Crippen molar-refractivity contribution in [2.75, 3.05) is 5.32 Å². The standard InChI is InChI=1S/C28H28Cl2N2O3S/c1-15(26(34)35)12-20-21(29)13-17(14-22(20)30)25(33)32-27-31-24-19-7-5-6-16(10-11-28(2,3)4)18(19)8-9-23(24)36-27/h5-7,12-14H,8-11H2,1-4H3,(H,34,35)(H,31,32,33)/b15-12+. The molecule has 0 radical (unpaired) electrons. The molecule has 188 valence electrons. The number of rotatable bonds is 6. The Morgan fingerprint density at radius 3 is 2.50 bits per heavy atom. The normalized spacial score (nSPS) is 13.2. The van der Waals surface area contributed by atoms with Crippen molar-refractivity contribution in [3.05, 3.63) is 73.1 Å². The number of carboxylic acid groups (broad SMARTS) is 1. The van der Waals surface area contributed by atoms with Gasteiger partial charge < -0.3 is 5.11 Å². The monoisotopic (exact) mass is 542 g/mol. The molecular formula is C28H28Cl2N2O3S. The molecule has 2 N–H and O–H groups in total. The third-order valence-corrected chi connectivity index (χ3v) is 7.89. The van der Waals surface area contributed by atoms with E-state index in [1.54, 1.807) is 0 Å². The van der Waals surface area contributed by atoms with Crippen LogP contribution in [0.5, 0.6) is 0 Å². The van der Waals surface area contributed by atoms with E-state index < -0.39 is 5.97 Å². The van der Waals surface area contributed by atoms with E-state index >= 15 is 0 Å². The van der Waals surface area contributed by atoms with Gasteiger partial charge in [0.05, 0.1) is 15.7 Å². The highest BCUT2D eigenvalue weighted by atomic mass is 35.5. The smallest absolute Gasteiger partial charge is 0.331 e. The largest absolute Gasteiger partial charge is 0.478 e. The highest BCUT2D eigenvalue weighted by molar-refractivity contribution is 7.16. The molecule has 8 heteroatoms. The van der Waals surface area contributed by atoms with Crippen LogP contribution in [0.2, 0.25) is 10.0 Å². The third kappa shape index (κ3) is 5.83. The number of aliphatic carboxylic acids is 1. The molecule has 1 aliphatic carbocycles. The van der Waals surface area contributed by atoms with E-state index in [0.717, 1.165) is 41.8 Å². The first-order chi connectivity index (χ1) is 16.9. The van der Waals surface area contributed by atoms with Crippen molar-refractivity contribution in [2.45, 2.75) is 53.4 Å². The molecule has 5 nitrogen and oxygen atoms in total. The van der Waals surface area contributed by atoms with Gasteiger partial charge in [0, 0.05) is 27.1 Å². The fourth-order valence-electron chi connectivity index (χ4n) is 4.22. The molecule has 1 aliphatic rings. The fraction of sp³-hybridized carbons (Fsp3) is 0.321. The number of nitrogens with one attached hydrogen (secondary N) is 1. The summed E-state index contributed by atoms with van der Waals surface area (Å²) in [6.45, 7) is 8.23. The van der Waals surface area contributed by atoms with Crippen LogP contribution in [0.1, 0.15) is 66.0 Å². The zero-order valence-corrected chi connectivity index (χ0v) is 23.0. The predicted octanol–water partition coefficient (Wildman–Crippen LogP) is 7.93. The van der Waals surface area contributed by atoms with Crippen molar-refractivity contribution in [3.8, 4) is 11.3 Å². The summed E-state index contributed by atoms with van der Waals surface area (Å²) >= 11 is 14.1. The molecule has 0 unspecified atom stereocenters. The molecule has 0 saturated carbocycles. The second kappa shape index (κ2) is 10.4. The van der Waals surface area contributed by atoms with E-state index in [1.807, 2.05) is 0 Å². The van der Waals surface area contributed by atoms with Crippen molar-refractivity contribution < 1.29 is 14.7 Å². The van der Waals surface area contributed by atoms with Gasteiger partial charge >= 0.3 is 5.97 Å². The lowest BCUT2D eigenvalue weighted by molar-refractivity contribution is -0.132. The summed E-state index contributed by atoms with van der Waals surface area (Å²) < 4.78 is 0. The van der Waals surface area contributed by atoms with Crippen LogP contribution >= 0.6 is 34.5 Å². The van der Waals surface area contributed by atoms with Crippen LogP contribution in [0.3, 0.4) is 0 Å². The molecule has 1 aromatic heterocycles. The molecule has 0 saturated heterocycles. The highest BCUT2D eigenvalue weighted by Crippen LogP contribution is 2.40. The number of hydrogen-bond donors (Lipinski definition) is 2. The Kier molecular flexibility index (Phi) is 7.60. The summed E-state index contributed by atoms with van der Waals surface area (Å²) in [5.41, 5.74) is 5.82. The lowest BCUT2D eigenvalue weighted by atomic mass is 9.84. The SMILES string of the molecule is C/C(=C\c1c(Cl)cc(C(=O)Nc2nc3c(s2)CCc2c(CCC(C)(C)C)cccc2-3)cc1Cl)C(=O)O. The van der Waals surface area contributed by atoms with Crippen LogP contribution in [0.15, 0.2) is 35.9 Å². The molecule has 1 heterocycles. The number of carbonyl (C=O) groups excluding carboxylic acids is 1. The van der Waals surface area contributed by atoms with Gasteiger partial charge in [0.2, 0.25) is 0 Å². The second-order valence-electron chi connectivity index (χ2n) is 10.2. The molecular weight excluding hydrogens is 515 g/mol. The summed E-state index contributed by atoms with van der Waals surface area (Å²) in [7, 11) is 0. The fourth-order valence-corrected chi connectivity index (χ4v) is 5.79. The van der Waals surface area contributed by atoms with E-state index in [0.29, 0.717) is 10.7 Å². The number of hydrogen-bond acceptors (Lipinski definition) is 4. The number of fused-ring (bicyclic) bond motifs is 3. The van der Waals surface area contributed by atoms with Gasteiger partial charge in [-0.2, -0.15) is 0 Å². The minimum Gasteiger partial charge on any atom is -0.478 e. The first kappa shape index (κ1) is 26.4. The number of benzene rings is 2. The van der Waals surface area contributed by atoms with E-state index in [1.165, 1.54) is 47.6 Å². The average Bonchev–Trinajstić information content (AvgIpc) is 3.22. The van der Waals surface area contributed by atoms with Gasteiger partial charge in [0.1, 0.15) is 0 Å². The minimum atomic E-state index is -1.07. The molecule has 4 rings (SSSR count). The number of amides is 1. The molecule has 0 aliphatic heterocycles. The van der Waals surface area contributed by atoms with Crippen molar-refractivity contribution >= 4 is 57.6 Å². The van der Waals surface area contributed by atoms with E-state index in [-0.39, 0.29) is 32.5 Å². The summed E-state index contributed by atoms with van der Waals surface area (Å²) in [5, 5.41) is 12.9. The molecule has 0 atom stereocenters. The van der Waals surface area contributed by atoms with Crippen molar-refractivity contribution in [1.82, 2.24) is 4.98 Å². The number of carboxylic acids is 1. The van der Waals surface area contributed by atoms with Gasteiger partial charge in [0.25, 0.3) is 5.91 Å². The minimum absolute atomic E-state index is 0.0891. The first-order valence-corrected chi connectivity index (χ1v) is 13.3. The quantitative estimate of drug-likeness (QED) is 0.310. The molecule has 0 spiro atoms. The van der Waals surface area contributed by atoms with Crippen LogP contribution in [0.4, 0.5) is 5.13 Å². The Morgan fingerprint density at radius 1 is 1.17 bits per heavy atom.